The minimum Gasteiger partial charge on any atom is -0.404 e. The van der Waals surface area contributed by atoms with Gasteiger partial charge in [-0.15, -0.1) is 0 Å². The lowest BCUT2D eigenvalue weighted by Crippen LogP contribution is -2.64. The second kappa shape index (κ2) is 9.76. The molecule has 0 aromatic heterocycles. The summed E-state index contributed by atoms with van der Waals surface area (Å²) in [7, 11) is 0.940. The first-order chi connectivity index (χ1) is 18.8. The molecule has 218 valence electrons. The standard InChI is InChI=1S/C26H18F9N3O3/c1-38-20(39)22(16-7-3-2-4-8-16,37-26(38,36)41-21(40)25(33,34)35)17-9-5-6-14(10-17)15-11-18(23(27,28)29)13-19(12-15)24(30,31)32/h2-13,37H,36H2,1H3. The Balaban J connectivity index is 1.92. The third kappa shape index (κ3) is 5.46. The quantitative estimate of drug-likeness (QED) is 0.242. The summed E-state index contributed by atoms with van der Waals surface area (Å²) in [6.45, 7) is 0. The number of nitrogens with one attached hydrogen (secondary N) is 1. The number of esters is 1. The van der Waals surface area contributed by atoms with Crippen molar-refractivity contribution in [2.24, 2.45) is 5.73 Å². The third-order valence-electron chi connectivity index (χ3n) is 6.39. The molecule has 2 unspecified atom stereocenters. The van der Waals surface area contributed by atoms with Crippen LogP contribution in [0.15, 0.2) is 72.8 Å². The van der Waals surface area contributed by atoms with Crippen LogP contribution in [-0.4, -0.2) is 36.0 Å². The monoisotopic (exact) mass is 591 g/mol. The number of hydrogen-bond acceptors (Lipinski definition) is 5. The molecule has 1 fully saturated rings. The largest absolute Gasteiger partial charge is 0.491 e. The number of rotatable bonds is 4. The number of hydrogen-bond donors (Lipinski definition) is 2. The topological polar surface area (TPSA) is 84.7 Å². The second-order valence-electron chi connectivity index (χ2n) is 9.06. The van der Waals surface area contributed by atoms with E-state index in [1.54, 1.807) is 0 Å². The van der Waals surface area contributed by atoms with Crippen LogP contribution in [-0.2, 0) is 32.2 Å². The predicted molar refractivity (Wildman–Crippen MR) is 124 cm³/mol. The lowest BCUT2D eigenvalue weighted by atomic mass is 9.81. The number of nitrogens with zero attached hydrogens (tertiary/aromatic N) is 1. The van der Waals surface area contributed by atoms with Gasteiger partial charge < -0.3 is 4.74 Å². The summed E-state index contributed by atoms with van der Waals surface area (Å²) in [6.07, 6.45) is -15.8. The van der Waals surface area contributed by atoms with Gasteiger partial charge in [0.1, 0.15) is 0 Å². The van der Waals surface area contributed by atoms with E-state index in [0.717, 1.165) is 13.1 Å². The van der Waals surface area contributed by atoms with Crippen molar-refractivity contribution in [3.63, 3.8) is 0 Å². The average molecular weight is 591 g/mol. The summed E-state index contributed by atoms with van der Waals surface area (Å²) in [5.74, 6) is -6.64. The Labute approximate surface area is 225 Å². The summed E-state index contributed by atoms with van der Waals surface area (Å²) >= 11 is 0. The first-order valence-corrected chi connectivity index (χ1v) is 11.4. The smallest absolute Gasteiger partial charge is 0.404 e. The minimum absolute atomic E-state index is 0.0480. The molecule has 3 aromatic rings. The van der Waals surface area contributed by atoms with Crippen molar-refractivity contribution in [1.82, 2.24) is 10.2 Å². The van der Waals surface area contributed by atoms with Crippen LogP contribution in [0.4, 0.5) is 39.5 Å². The van der Waals surface area contributed by atoms with Gasteiger partial charge in [0.25, 0.3) is 5.91 Å². The highest BCUT2D eigenvalue weighted by atomic mass is 19.4. The number of benzene rings is 3. The van der Waals surface area contributed by atoms with Crippen LogP contribution >= 0.6 is 0 Å². The molecule has 1 amide bonds. The van der Waals surface area contributed by atoms with Crippen LogP contribution in [0.25, 0.3) is 11.1 Å². The van der Waals surface area contributed by atoms with Gasteiger partial charge in [-0.3, -0.25) is 15.4 Å². The van der Waals surface area contributed by atoms with E-state index in [1.165, 1.54) is 48.5 Å². The molecular formula is C26H18F9N3O3. The Bertz CT molecular complexity index is 1460. The van der Waals surface area contributed by atoms with Gasteiger partial charge >= 0.3 is 30.5 Å². The fourth-order valence-electron chi connectivity index (χ4n) is 4.40. The number of carbonyl (C=O) groups is 2. The maximum absolute atomic E-state index is 13.7. The van der Waals surface area contributed by atoms with Gasteiger partial charge in [0.2, 0.25) is 0 Å². The zero-order valence-electron chi connectivity index (χ0n) is 20.6. The van der Waals surface area contributed by atoms with E-state index >= 15 is 0 Å². The average Bonchev–Trinajstić information content (AvgIpc) is 3.09. The molecular weight excluding hydrogens is 573 g/mol. The van der Waals surface area contributed by atoms with Crippen molar-refractivity contribution in [3.05, 3.63) is 95.1 Å². The van der Waals surface area contributed by atoms with E-state index in [9.17, 15) is 49.1 Å². The van der Waals surface area contributed by atoms with Crippen LogP contribution in [0.1, 0.15) is 22.3 Å². The third-order valence-corrected chi connectivity index (χ3v) is 6.39. The van der Waals surface area contributed by atoms with E-state index in [1.807, 2.05) is 0 Å². The molecule has 2 atom stereocenters. The fraction of sp³-hybridized carbons (Fsp3) is 0.231. The van der Waals surface area contributed by atoms with Crippen LogP contribution in [0.5, 0.6) is 0 Å². The predicted octanol–water partition coefficient (Wildman–Crippen LogP) is 5.37. The van der Waals surface area contributed by atoms with Gasteiger partial charge in [-0.05, 0) is 46.5 Å². The van der Waals surface area contributed by atoms with E-state index in [-0.39, 0.29) is 22.8 Å². The lowest BCUT2D eigenvalue weighted by molar-refractivity contribution is -0.228. The maximum atomic E-state index is 13.7. The maximum Gasteiger partial charge on any atom is 0.491 e. The summed E-state index contributed by atoms with van der Waals surface area (Å²) in [5.41, 5.74) is -0.228. The summed E-state index contributed by atoms with van der Waals surface area (Å²) in [6, 6.07) is 12.8. The molecule has 1 heterocycles. The van der Waals surface area contributed by atoms with Gasteiger partial charge in [-0.1, -0.05) is 48.5 Å². The highest BCUT2D eigenvalue weighted by Gasteiger charge is 2.62. The first kappa shape index (κ1) is 29.9. The van der Waals surface area contributed by atoms with Crippen LogP contribution in [0, 0.1) is 0 Å². The molecule has 15 heteroatoms. The molecule has 0 aliphatic carbocycles. The Kier molecular flexibility index (Phi) is 7.11. The fourth-order valence-corrected chi connectivity index (χ4v) is 4.40. The molecule has 0 saturated carbocycles. The number of nitrogens with two attached hydrogens (primary N) is 1. The lowest BCUT2D eigenvalue weighted by Gasteiger charge is -2.32. The van der Waals surface area contributed by atoms with Crippen molar-refractivity contribution < 1.29 is 53.8 Å². The van der Waals surface area contributed by atoms with Crippen molar-refractivity contribution in [2.45, 2.75) is 30.0 Å². The summed E-state index contributed by atoms with van der Waals surface area (Å²) < 4.78 is 124. The second-order valence-corrected chi connectivity index (χ2v) is 9.06. The van der Waals surface area contributed by atoms with Crippen LogP contribution in [0.3, 0.4) is 0 Å². The van der Waals surface area contributed by atoms with E-state index in [0.29, 0.717) is 17.0 Å². The number of alkyl halides is 9. The van der Waals surface area contributed by atoms with Gasteiger partial charge in [0.05, 0.1) is 11.1 Å². The first-order valence-electron chi connectivity index (χ1n) is 11.4. The van der Waals surface area contributed by atoms with Gasteiger partial charge in [-0.2, -0.15) is 39.5 Å². The number of likely N-dealkylation sites (N-methyl/N-ethyl adjacent to an activating group) is 1. The molecule has 0 bridgehead atoms. The molecule has 6 nitrogen and oxygen atoms in total. The number of carbonyl (C=O) groups excluding carboxylic acids is 2. The van der Waals surface area contributed by atoms with E-state index in [2.05, 4.69) is 10.1 Å². The molecule has 1 aliphatic rings. The van der Waals surface area contributed by atoms with Gasteiger partial charge in [-0.25, -0.2) is 10.1 Å². The van der Waals surface area contributed by atoms with Gasteiger partial charge in [0.15, 0.2) is 5.54 Å². The molecule has 0 spiro atoms. The Morgan fingerprint density at radius 3 is 1.83 bits per heavy atom. The zero-order chi connectivity index (χ0) is 30.6. The minimum atomic E-state index is -5.49. The molecule has 4 rings (SSSR count). The van der Waals surface area contributed by atoms with Crippen molar-refractivity contribution in [2.75, 3.05) is 7.05 Å². The van der Waals surface area contributed by atoms with Crippen molar-refractivity contribution >= 4 is 11.9 Å². The SMILES string of the molecule is CN1C(=O)C(c2ccccc2)(c2cccc(-c3cc(C(F)(F)F)cc(C(F)(F)F)c3)c2)NC1(N)OC(=O)C(F)(F)F. The molecule has 0 radical (unpaired) electrons. The van der Waals surface area contributed by atoms with E-state index in [4.69, 9.17) is 5.73 Å². The van der Waals surface area contributed by atoms with Gasteiger partial charge in [0, 0.05) is 7.05 Å². The molecule has 41 heavy (non-hydrogen) atoms. The Morgan fingerprint density at radius 2 is 1.32 bits per heavy atom. The Hall–Kier alpha value is -4.11. The summed E-state index contributed by atoms with van der Waals surface area (Å²) in [4.78, 5) is 25.8. The molecule has 1 aliphatic heterocycles. The zero-order valence-corrected chi connectivity index (χ0v) is 20.6. The number of amides is 1. The highest BCUT2D eigenvalue weighted by molar-refractivity contribution is 5.95. The van der Waals surface area contributed by atoms with Crippen molar-refractivity contribution in [1.29, 1.82) is 0 Å². The Morgan fingerprint density at radius 1 is 0.780 bits per heavy atom. The molecule has 3 aromatic carbocycles. The van der Waals surface area contributed by atoms with Crippen molar-refractivity contribution in [3.8, 4) is 11.1 Å². The summed E-state index contributed by atoms with van der Waals surface area (Å²) in [5, 5.41) is 2.42. The van der Waals surface area contributed by atoms with E-state index < -0.39 is 58.6 Å². The number of halogens is 9. The van der Waals surface area contributed by atoms with Crippen LogP contribution < -0.4 is 11.1 Å². The highest BCUT2D eigenvalue weighted by Crippen LogP contribution is 2.43. The molecule has 3 N–H and O–H groups in total. The normalized spacial score (nSPS) is 21.7. The molecule has 1 saturated heterocycles. The number of ether oxygens (including phenoxy) is 1. The van der Waals surface area contributed by atoms with Crippen LogP contribution in [0.2, 0.25) is 0 Å².